The number of fused-ring (bicyclic) bond motifs is 1. The van der Waals surface area contributed by atoms with Crippen LogP contribution in [0.1, 0.15) is 5.69 Å². The van der Waals surface area contributed by atoms with Gasteiger partial charge in [-0.1, -0.05) is 47.1 Å². The van der Waals surface area contributed by atoms with Crippen LogP contribution in [0.2, 0.25) is 5.15 Å². The Morgan fingerprint density at radius 3 is 2.61 bits per heavy atom. The van der Waals surface area contributed by atoms with Crippen LogP contribution < -0.4 is 10.2 Å². The minimum absolute atomic E-state index is 0.0136. The summed E-state index contributed by atoms with van der Waals surface area (Å²) >= 11 is 4.32. The zero-order valence-corrected chi connectivity index (χ0v) is 18.6. The van der Waals surface area contributed by atoms with E-state index in [1.807, 2.05) is 43.3 Å². The van der Waals surface area contributed by atoms with Crippen LogP contribution in [0, 0.1) is 6.92 Å². The lowest BCUT2D eigenvalue weighted by atomic mass is 10.0. The molecule has 0 aliphatic rings. The van der Waals surface area contributed by atoms with E-state index < -0.39 is 16.8 Å². The zero-order valence-electron chi connectivity index (χ0n) is 17.1. The molecule has 4 heterocycles. The van der Waals surface area contributed by atoms with Crippen molar-refractivity contribution in [3.05, 3.63) is 82.2 Å². The Balaban J connectivity index is 1.71. The predicted octanol–water partition coefficient (Wildman–Crippen LogP) is 4.13. The van der Waals surface area contributed by atoms with Crippen LogP contribution in [-0.2, 0) is 11.4 Å². The lowest BCUT2D eigenvalue weighted by Gasteiger charge is -2.12. The van der Waals surface area contributed by atoms with Gasteiger partial charge in [-0.15, -0.1) is 0 Å². The summed E-state index contributed by atoms with van der Waals surface area (Å²) in [7, 11) is 0. The summed E-state index contributed by atoms with van der Waals surface area (Å²) in [6.45, 7) is 1.82. The number of nitrogens with one attached hydrogen (secondary N) is 2. The number of rotatable bonds is 5. The van der Waals surface area contributed by atoms with Gasteiger partial charge in [-0.2, -0.15) is 4.72 Å². The first-order valence-electron chi connectivity index (χ1n) is 9.71. The maximum atomic E-state index is 13.2. The second-order valence-electron chi connectivity index (χ2n) is 7.07. The number of halogens is 1. The van der Waals surface area contributed by atoms with Gasteiger partial charge in [0.2, 0.25) is 4.90 Å². The van der Waals surface area contributed by atoms with E-state index in [-0.39, 0.29) is 16.1 Å². The maximum absolute atomic E-state index is 13.2. The van der Waals surface area contributed by atoms with E-state index in [1.54, 1.807) is 6.07 Å². The number of nitrogens with zero attached hydrogens (tertiary/aromatic N) is 4. The molecule has 0 bridgehead atoms. The Hall–Kier alpha value is -3.73. The summed E-state index contributed by atoms with van der Waals surface area (Å²) in [4.78, 5) is 29.7. The maximum Gasteiger partial charge on any atom is 0.266 e. The summed E-state index contributed by atoms with van der Waals surface area (Å²) in [5.41, 5.74) is 3.37. The van der Waals surface area contributed by atoms with Gasteiger partial charge in [-0.25, -0.2) is 15.0 Å². The molecule has 0 saturated carbocycles. The van der Waals surface area contributed by atoms with Crippen LogP contribution in [0.15, 0.2) is 75.3 Å². The molecule has 0 aliphatic carbocycles. The van der Waals surface area contributed by atoms with Crippen LogP contribution in [0.5, 0.6) is 0 Å². The number of hydrogen-bond donors (Lipinski definition) is 2. The van der Waals surface area contributed by atoms with Crippen molar-refractivity contribution in [1.82, 2.24) is 25.1 Å². The van der Waals surface area contributed by atoms with Crippen molar-refractivity contribution in [2.75, 3.05) is 4.72 Å². The minimum Gasteiger partial charge on any atom is -0.588 e. The van der Waals surface area contributed by atoms with Gasteiger partial charge in [-0.05, 0) is 19.1 Å². The van der Waals surface area contributed by atoms with Gasteiger partial charge in [0.25, 0.3) is 5.43 Å². The van der Waals surface area contributed by atoms with Gasteiger partial charge in [0.05, 0.1) is 23.8 Å². The standard InChI is InChI=1S/C22H15ClN6O3S/c1-12-7-14(8-17(23)26-12)19-18(13-5-3-2-4-6-13)28-22-20(27-19)21(30)16(10-24-22)33(31)29-15-9-25-32-11-15/h2-11,29H,1H3,(H,24,28,30). The molecule has 0 fully saturated rings. The molecular formula is C22H15ClN6O3S. The highest BCUT2D eigenvalue weighted by atomic mass is 35.5. The van der Waals surface area contributed by atoms with Crippen molar-refractivity contribution < 1.29 is 9.08 Å². The van der Waals surface area contributed by atoms with E-state index >= 15 is 0 Å². The van der Waals surface area contributed by atoms with E-state index in [4.69, 9.17) is 21.1 Å². The number of anilines is 1. The molecule has 1 unspecified atom stereocenters. The topological polar surface area (TPSA) is 133 Å². The van der Waals surface area contributed by atoms with Crippen molar-refractivity contribution >= 4 is 39.8 Å². The van der Waals surface area contributed by atoms with Gasteiger partial charge < -0.3 is 14.1 Å². The molecule has 5 aromatic rings. The Morgan fingerprint density at radius 1 is 1.09 bits per heavy atom. The Morgan fingerprint density at radius 2 is 1.88 bits per heavy atom. The first-order chi connectivity index (χ1) is 16.0. The third kappa shape index (κ3) is 4.19. The number of H-pyrrole nitrogens is 1. The quantitative estimate of drug-likeness (QED) is 0.284. The molecule has 1 aromatic carbocycles. The van der Waals surface area contributed by atoms with Crippen molar-refractivity contribution in [3.63, 3.8) is 0 Å². The number of pyridine rings is 2. The molecule has 11 heteroatoms. The lowest BCUT2D eigenvalue weighted by molar-refractivity contribution is 0.420. The van der Waals surface area contributed by atoms with Crippen LogP contribution in [0.25, 0.3) is 33.7 Å². The number of benzene rings is 1. The summed E-state index contributed by atoms with van der Waals surface area (Å²) < 4.78 is 20.1. The monoisotopic (exact) mass is 478 g/mol. The highest BCUT2D eigenvalue weighted by Crippen LogP contribution is 2.31. The predicted molar refractivity (Wildman–Crippen MR) is 125 cm³/mol. The molecule has 0 spiro atoms. The first-order valence-corrected chi connectivity index (χ1v) is 11.2. The van der Waals surface area contributed by atoms with Crippen molar-refractivity contribution in [1.29, 1.82) is 0 Å². The number of aryl methyl sites for hydroxylation is 1. The van der Waals surface area contributed by atoms with Crippen LogP contribution in [0.4, 0.5) is 5.69 Å². The Bertz CT molecular complexity index is 1490. The smallest absolute Gasteiger partial charge is 0.266 e. The highest BCUT2D eigenvalue weighted by molar-refractivity contribution is 7.92. The zero-order chi connectivity index (χ0) is 22.9. The summed E-state index contributed by atoms with van der Waals surface area (Å²) in [6.07, 6.45) is 4.00. The Labute approximate surface area is 195 Å². The third-order valence-corrected chi connectivity index (χ3v) is 6.08. The summed E-state index contributed by atoms with van der Waals surface area (Å²) in [6, 6.07) is 13.0. The fraction of sp³-hybridized carbons (Fsp3) is 0.0455. The minimum atomic E-state index is -1.87. The van der Waals surface area contributed by atoms with E-state index in [0.717, 1.165) is 5.56 Å². The van der Waals surface area contributed by atoms with Gasteiger partial charge in [0.15, 0.2) is 17.4 Å². The van der Waals surface area contributed by atoms with Gasteiger partial charge >= 0.3 is 0 Å². The van der Waals surface area contributed by atoms with Crippen molar-refractivity contribution in [3.8, 4) is 22.5 Å². The number of hydrogen-bond acceptors (Lipinski definition) is 8. The Kier molecular flexibility index (Phi) is 5.55. The molecule has 9 nitrogen and oxygen atoms in total. The summed E-state index contributed by atoms with van der Waals surface area (Å²) in [5.74, 6) is 0. The lowest BCUT2D eigenvalue weighted by Crippen LogP contribution is -2.22. The third-order valence-electron chi connectivity index (χ3n) is 4.76. The fourth-order valence-electron chi connectivity index (χ4n) is 3.33. The molecular weight excluding hydrogens is 464 g/mol. The molecule has 0 saturated heterocycles. The molecule has 33 heavy (non-hydrogen) atoms. The second-order valence-corrected chi connectivity index (χ2v) is 8.64. The molecule has 0 radical (unpaired) electrons. The molecule has 4 aromatic heterocycles. The van der Waals surface area contributed by atoms with Crippen molar-refractivity contribution in [2.24, 2.45) is 0 Å². The van der Waals surface area contributed by atoms with Crippen molar-refractivity contribution in [2.45, 2.75) is 11.8 Å². The SMILES string of the molecule is Cc1cc(-c2nc3c(=O)c([S+]([O-])Nc4cnoc4)c[nH]c3nc2-c2ccccc2)cc(Cl)n1. The van der Waals surface area contributed by atoms with Gasteiger partial charge in [-0.3, -0.25) is 4.79 Å². The highest BCUT2D eigenvalue weighted by Gasteiger charge is 2.23. The van der Waals surface area contributed by atoms with Gasteiger partial charge in [0, 0.05) is 16.8 Å². The van der Waals surface area contributed by atoms with Crippen LogP contribution in [0.3, 0.4) is 0 Å². The van der Waals surface area contributed by atoms with Crippen LogP contribution in [-0.4, -0.2) is 29.6 Å². The van der Waals surface area contributed by atoms with E-state index in [2.05, 4.69) is 24.8 Å². The molecule has 0 aliphatic heterocycles. The van der Waals surface area contributed by atoms with Gasteiger partial charge in [0.1, 0.15) is 22.2 Å². The summed E-state index contributed by atoms with van der Waals surface area (Å²) in [5, 5.41) is 3.84. The normalized spacial score (nSPS) is 12.1. The number of aromatic amines is 1. The molecule has 1 atom stereocenters. The first kappa shape index (κ1) is 21.1. The van der Waals surface area contributed by atoms with Crippen LogP contribution >= 0.6 is 11.6 Å². The van der Waals surface area contributed by atoms with E-state index in [9.17, 15) is 9.35 Å². The fourth-order valence-corrected chi connectivity index (χ4v) is 4.44. The molecule has 5 rings (SSSR count). The average Bonchev–Trinajstić information content (AvgIpc) is 3.31. The molecule has 0 amide bonds. The van der Waals surface area contributed by atoms with E-state index in [1.165, 1.54) is 18.7 Å². The number of aromatic nitrogens is 5. The average molecular weight is 479 g/mol. The molecule has 164 valence electrons. The molecule has 2 N–H and O–H groups in total. The van der Waals surface area contributed by atoms with E-state index in [0.29, 0.717) is 33.5 Å². The second kappa shape index (κ2) is 8.66. The largest absolute Gasteiger partial charge is 0.588 e.